The van der Waals surface area contributed by atoms with Gasteiger partial charge in [0.25, 0.3) is 5.91 Å². The highest BCUT2D eigenvalue weighted by Gasteiger charge is 2.49. The molecule has 4 rings (SSSR count). The molecule has 1 fully saturated rings. The minimum Gasteiger partial charge on any atom is -0.345 e. The predicted molar refractivity (Wildman–Crippen MR) is 120 cm³/mol. The van der Waals surface area contributed by atoms with Crippen LogP contribution in [0, 0.1) is 5.82 Å². The summed E-state index contributed by atoms with van der Waals surface area (Å²) >= 11 is 0. The van der Waals surface area contributed by atoms with Gasteiger partial charge >= 0.3 is 6.03 Å². The molecule has 8 nitrogen and oxygen atoms in total. The molecule has 3 N–H and O–H groups in total. The Morgan fingerprint density at radius 3 is 2.39 bits per heavy atom. The molecule has 1 saturated heterocycles. The first kappa shape index (κ1) is 21.9. The Kier molecular flexibility index (Phi) is 5.78. The fourth-order valence-electron chi connectivity index (χ4n) is 3.65. The first-order chi connectivity index (χ1) is 15.8. The number of hydrogen-bond acceptors (Lipinski definition) is 4. The maximum absolute atomic E-state index is 13.1. The summed E-state index contributed by atoms with van der Waals surface area (Å²) in [5.74, 6) is -2.21. The van der Waals surface area contributed by atoms with E-state index >= 15 is 0 Å². The van der Waals surface area contributed by atoms with E-state index in [1.165, 1.54) is 24.3 Å². The Labute approximate surface area is 188 Å². The number of nitrogens with one attached hydrogen (secondary N) is 3. The molecule has 5 amide bonds. The second-order valence-electron chi connectivity index (χ2n) is 7.84. The summed E-state index contributed by atoms with van der Waals surface area (Å²) in [5, 5.41) is 9.46. The third kappa shape index (κ3) is 4.52. The lowest BCUT2D eigenvalue weighted by Gasteiger charge is -2.22. The van der Waals surface area contributed by atoms with Crippen LogP contribution in [0.4, 0.5) is 14.9 Å². The zero-order valence-electron chi connectivity index (χ0n) is 17.7. The molecule has 0 radical (unpaired) electrons. The average Bonchev–Trinajstić information content (AvgIpc) is 3.02. The summed E-state index contributed by atoms with van der Waals surface area (Å²) < 4.78 is 12.9. The Hall–Kier alpha value is -4.27. The number of rotatable bonds is 6. The van der Waals surface area contributed by atoms with Crippen LogP contribution in [0.15, 0.2) is 66.7 Å². The third-order valence-corrected chi connectivity index (χ3v) is 5.48. The molecule has 1 atom stereocenters. The summed E-state index contributed by atoms with van der Waals surface area (Å²) in [6, 6.07) is 17.6. The van der Waals surface area contributed by atoms with E-state index in [-0.39, 0.29) is 6.54 Å². The van der Waals surface area contributed by atoms with Gasteiger partial charge in [0.1, 0.15) is 17.9 Å². The molecule has 0 saturated carbocycles. The van der Waals surface area contributed by atoms with Gasteiger partial charge in [0, 0.05) is 5.69 Å². The van der Waals surface area contributed by atoms with Crippen molar-refractivity contribution in [1.82, 2.24) is 15.5 Å². The fraction of sp³-hybridized carbons (Fsp3) is 0.167. The number of hydrogen-bond donors (Lipinski definition) is 3. The van der Waals surface area contributed by atoms with E-state index in [9.17, 15) is 23.6 Å². The summed E-state index contributed by atoms with van der Waals surface area (Å²) in [6.45, 7) is 0.685. The number of nitrogens with zero attached hydrogens (tertiary/aromatic N) is 1. The van der Waals surface area contributed by atoms with E-state index in [1.807, 2.05) is 36.4 Å². The van der Waals surface area contributed by atoms with Crippen molar-refractivity contribution in [2.75, 3.05) is 18.4 Å². The highest BCUT2D eigenvalue weighted by Crippen LogP contribution is 2.30. The molecule has 1 heterocycles. The summed E-state index contributed by atoms with van der Waals surface area (Å²) in [7, 11) is 0. The molecule has 1 aliphatic heterocycles. The van der Waals surface area contributed by atoms with E-state index < -0.39 is 41.7 Å². The van der Waals surface area contributed by atoms with Gasteiger partial charge in [-0.1, -0.05) is 36.4 Å². The largest absolute Gasteiger partial charge is 0.345 e. The lowest BCUT2D eigenvalue weighted by atomic mass is 9.90. The normalized spacial score (nSPS) is 17.7. The first-order valence-corrected chi connectivity index (χ1v) is 10.2. The molecule has 3 aromatic rings. The molecule has 0 aliphatic carbocycles. The number of urea groups is 1. The van der Waals surface area contributed by atoms with E-state index in [1.54, 1.807) is 13.0 Å². The van der Waals surface area contributed by atoms with Crippen molar-refractivity contribution >= 4 is 40.2 Å². The number of anilines is 1. The van der Waals surface area contributed by atoms with Crippen molar-refractivity contribution in [2.24, 2.45) is 0 Å². The quantitative estimate of drug-likeness (QED) is 0.504. The highest BCUT2D eigenvalue weighted by atomic mass is 19.1. The number of halogens is 1. The van der Waals surface area contributed by atoms with Crippen molar-refractivity contribution in [3.05, 3.63) is 78.1 Å². The van der Waals surface area contributed by atoms with E-state index in [4.69, 9.17) is 0 Å². The molecule has 33 heavy (non-hydrogen) atoms. The zero-order valence-corrected chi connectivity index (χ0v) is 17.7. The van der Waals surface area contributed by atoms with Crippen LogP contribution in [-0.4, -0.2) is 41.7 Å². The minimum atomic E-state index is -1.32. The molecule has 3 aromatic carbocycles. The molecule has 1 aliphatic rings. The highest BCUT2D eigenvalue weighted by molar-refractivity contribution is 6.09. The van der Waals surface area contributed by atoms with Gasteiger partial charge in [-0.3, -0.25) is 19.3 Å². The van der Waals surface area contributed by atoms with Gasteiger partial charge in [-0.05, 0) is 53.6 Å². The van der Waals surface area contributed by atoms with Crippen molar-refractivity contribution < 1.29 is 23.6 Å². The molecule has 0 bridgehead atoms. The van der Waals surface area contributed by atoms with Gasteiger partial charge in [-0.25, -0.2) is 9.18 Å². The Morgan fingerprint density at radius 1 is 0.970 bits per heavy atom. The van der Waals surface area contributed by atoms with Gasteiger partial charge in [-0.15, -0.1) is 0 Å². The summed E-state index contributed by atoms with van der Waals surface area (Å²) in [4.78, 5) is 50.7. The molecule has 9 heteroatoms. The molecule has 0 aromatic heterocycles. The minimum absolute atomic E-state index is 0.371. The Balaban J connectivity index is 1.38. The van der Waals surface area contributed by atoms with E-state index in [2.05, 4.69) is 16.0 Å². The van der Waals surface area contributed by atoms with Gasteiger partial charge in [0.15, 0.2) is 0 Å². The Morgan fingerprint density at radius 2 is 1.67 bits per heavy atom. The van der Waals surface area contributed by atoms with Crippen molar-refractivity contribution in [1.29, 1.82) is 0 Å². The van der Waals surface area contributed by atoms with Crippen LogP contribution >= 0.6 is 0 Å². The lowest BCUT2D eigenvalue weighted by molar-refractivity contribution is -0.135. The standard InChI is InChI=1S/C24H21FN4O4/c1-24(17-7-6-15-4-2-3-5-16(15)12-17)22(32)29(23(33)28-24)14-21(31)26-13-20(30)27-19-10-8-18(25)9-11-19/h2-12H,13-14H2,1H3,(H,26,31)(H,27,30)(H,28,33). The molecule has 0 spiro atoms. The molecular weight excluding hydrogens is 427 g/mol. The van der Waals surface area contributed by atoms with Gasteiger partial charge < -0.3 is 16.0 Å². The Bertz CT molecular complexity index is 1260. The maximum atomic E-state index is 13.1. The number of amides is 5. The maximum Gasteiger partial charge on any atom is 0.325 e. The number of benzene rings is 3. The van der Waals surface area contributed by atoms with Crippen molar-refractivity contribution in [2.45, 2.75) is 12.5 Å². The monoisotopic (exact) mass is 448 g/mol. The van der Waals surface area contributed by atoms with Gasteiger partial charge in [0.2, 0.25) is 11.8 Å². The van der Waals surface area contributed by atoms with Crippen LogP contribution in [0.1, 0.15) is 12.5 Å². The van der Waals surface area contributed by atoms with Crippen LogP contribution in [0.2, 0.25) is 0 Å². The van der Waals surface area contributed by atoms with Crippen molar-refractivity contribution in [3.63, 3.8) is 0 Å². The summed E-state index contributed by atoms with van der Waals surface area (Å²) in [5.41, 5.74) is -0.349. The predicted octanol–water partition coefficient (Wildman–Crippen LogP) is 2.50. The van der Waals surface area contributed by atoms with Crippen LogP contribution in [0.25, 0.3) is 10.8 Å². The van der Waals surface area contributed by atoms with Crippen molar-refractivity contribution in [3.8, 4) is 0 Å². The van der Waals surface area contributed by atoms with E-state index in [0.717, 1.165) is 15.7 Å². The van der Waals surface area contributed by atoms with Crippen LogP contribution in [-0.2, 0) is 19.9 Å². The smallest absolute Gasteiger partial charge is 0.325 e. The number of imide groups is 1. The van der Waals surface area contributed by atoms with Gasteiger partial charge in [-0.2, -0.15) is 0 Å². The molecule has 168 valence electrons. The van der Waals surface area contributed by atoms with Gasteiger partial charge in [0.05, 0.1) is 6.54 Å². The van der Waals surface area contributed by atoms with Crippen LogP contribution in [0.5, 0.6) is 0 Å². The molecular formula is C24H21FN4O4. The van der Waals surface area contributed by atoms with Crippen LogP contribution in [0.3, 0.4) is 0 Å². The molecule has 1 unspecified atom stereocenters. The fourth-order valence-corrected chi connectivity index (χ4v) is 3.65. The topological polar surface area (TPSA) is 108 Å². The number of fused-ring (bicyclic) bond motifs is 1. The average molecular weight is 448 g/mol. The second-order valence-corrected chi connectivity index (χ2v) is 7.84. The first-order valence-electron chi connectivity index (χ1n) is 10.2. The van der Waals surface area contributed by atoms with Crippen LogP contribution < -0.4 is 16.0 Å². The number of carbonyl (C=O) groups excluding carboxylic acids is 4. The lowest BCUT2D eigenvalue weighted by Crippen LogP contribution is -2.44. The zero-order chi connectivity index (χ0) is 23.6. The number of carbonyl (C=O) groups is 4. The summed E-state index contributed by atoms with van der Waals surface area (Å²) in [6.07, 6.45) is 0. The van der Waals surface area contributed by atoms with E-state index in [0.29, 0.717) is 11.3 Å². The SMILES string of the molecule is CC1(c2ccc3ccccc3c2)NC(=O)N(CC(=O)NCC(=O)Nc2ccc(F)cc2)C1=O. The third-order valence-electron chi connectivity index (χ3n) is 5.48. The second kappa shape index (κ2) is 8.70.